The number of rotatable bonds is 5. The molecule has 3 aromatic rings. The van der Waals surface area contributed by atoms with E-state index >= 15 is 4.39 Å². The topological polar surface area (TPSA) is 53.5 Å². The van der Waals surface area contributed by atoms with Crippen LogP contribution < -0.4 is 15.0 Å². The maximum absolute atomic E-state index is 15.0. The Morgan fingerprint density at radius 2 is 1.81 bits per heavy atom. The minimum absolute atomic E-state index is 0.00957. The average molecular weight is 510 g/mol. The summed E-state index contributed by atoms with van der Waals surface area (Å²) in [6.45, 7) is 9.97. The zero-order valence-corrected chi connectivity index (χ0v) is 21.2. The van der Waals surface area contributed by atoms with Crippen LogP contribution in [0.2, 0.25) is 0 Å². The quantitative estimate of drug-likeness (QED) is 0.440. The second kappa shape index (κ2) is 10.0. The van der Waals surface area contributed by atoms with Gasteiger partial charge in [0.25, 0.3) is 0 Å². The molecular weight excluding hydrogens is 479 g/mol. The fourth-order valence-corrected chi connectivity index (χ4v) is 5.09. The van der Waals surface area contributed by atoms with Gasteiger partial charge in [0.2, 0.25) is 5.95 Å². The predicted molar refractivity (Wildman–Crippen MR) is 139 cm³/mol. The molecule has 5 rings (SSSR count). The number of hydrogen-bond donors (Lipinski definition) is 1. The first-order chi connectivity index (χ1) is 17.7. The molecule has 0 unspecified atom stereocenters. The number of aromatic nitrogens is 2. The molecule has 1 saturated heterocycles. The first-order valence-corrected chi connectivity index (χ1v) is 12.4. The van der Waals surface area contributed by atoms with Crippen LogP contribution in [0.3, 0.4) is 0 Å². The smallest absolute Gasteiger partial charge is 0.227 e. The summed E-state index contributed by atoms with van der Waals surface area (Å²) in [6, 6.07) is 7.77. The van der Waals surface area contributed by atoms with Gasteiger partial charge in [0.15, 0.2) is 17.4 Å². The molecule has 2 aliphatic heterocycles. The molecule has 2 aromatic carbocycles. The van der Waals surface area contributed by atoms with Crippen LogP contribution in [-0.2, 0) is 0 Å². The molecule has 37 heavy (non-hydrogen) atoms. The Labute approximate surface area is 214 Å². The molecule has 0 saturated carbocycles. The average Bonchev–Trinajstić information content (AvgIpc) is 2.85. The highest BCUT2D eigenvalue weighted by Crippen LogP contribution is 2.41. The van der Waals surface area contributed by atoms with E-state index in [2.05, 4.69) is 33.8 Å². The highest BCUT2D eigenvalue weighted by Gasteiger charge is 2.28. The van der Waals surface area contributed by atoms with Gasteiger partial charge in [-0.25, -0.2) is 23.1 Å². The normalized spacial score (nSPS) is 16.6. The van der Waals surface area contributed by atoms with Gasteiger partial charge in [-0.1, -0.05) is 12.6 Å². The fourth-order valence-electron chi connectivity index (χ4n) is 5.09. The van der Waals surface area contributed by atoms with Crippen LogP contribution in [-0.4, -0.2) is 47.7 Å². The Balaban J connectivity index is 1.43. The Kier molecular flexibility index (Phi) is 6.81. The molecule has 1 aromatic heterocycles. The van der Waals surface area contributed by atoms with Crippen LogP contribution in [0.25, 0.3) is 11.3 Å². The molecule has 1 fully saturated rings. The van der Waals surface area contributed by atoms with Gasteiger partial charge in [0.1, 0.15) is 18.1 Å². The van der Waals surface area contributed by atoms with E-state index in [1.54, 1.807) is 18.2 Å². The van der Waals surface area contributed by atoms with Gasteiger partial charge in [-0.05, 0) is 82.6 Å². The number of halogens is 3. The third kappa shape index (κ3) is 5.00. The molecule has 0 atom stereocenters. The molecule has 6 nitrogen and oxygen atoms in total. The lowest BCUT2D eigenvalue weighted by atomic mass is 9.89. The molecule has 0 bridgehead atoms. The lowest BCUT2D eigenvalue weighted by Crippen LogP contribution is -2.35. The molecule has 0 radical (unpaired) electrons. The molecule has 9 heteroatoms. The zero-order valence-electron chi connectivity index (χ0n) is 21.2. The predicted octanol–water partition coefficient (Wildman–Crippen LogP) is 6.23. The second-order valence-electron chi connectivity index (χ2n) is 9.95. The summed E-state index contributed by atoms with van der Waals surface area (Å²) in [6.07, 6.45) is 2.84. The summed E-state index contributed by atoms with van der Waals surface area (Å²) in [4.78, 5) is 12.4. The molecule has 0 aliphatic carbocycles. The first kappa shape index (κ1) is 25.1. The largest absolute Gasteiger partial charge is 0.482 e. The molecule has 0 spiro atoms. The molecule has 1 N–H and O–H groups in total. The van der Waals surface area contributed by atoms with Gasteiger partial charge < -0.3 is 19.9 Å². The maximum Gasteiger partial charge on any atom is 0.227 e. The van der Waals surface area contributed by atoms with Gasteiger partial charge in [0.05, 0.1) is 11.9 Å². The third-order valence-electron chi connectivity index (χ3n) is 6.96. The lowest BCUT2D eigenvalue weighted by molar-refractivity contribution is 0.253. The van der Waals surface area contributed by atoms with Gasteiger partial charge in [0, 0.05) is 23.0 Å². The van der Waals surface area contributed by atoms with E-state index in [9.17, 15) is 8.78 Å². The van der Waals surface area contributed by atoms with Crippen molar-refractivity contribution in [1.29, 1.82) is 0 Å². The summed E-state index contributed by atoms with van der Waals surface area (Å²) in [5, 5.41) is 2.95. The van der Waals surface area contributed by atoms with Crippen LogP contribution in [0.15, 0.2) is 48.8 Å². The number of ether oxygens (including phenoxy) is 1. The van der Waals surface area contributed by atoms with Crippen molar-refractivity contribution in [2.75, 3.05) is 37.0 Å². The van der Waals surface area contributed by atoms with Crippen molar-refractivity contribution in [3.8, 4) is 17.0 Å². The van der Waals surface area contributed by atoms with Crippen molar-refractivity contribution in [2.24, 2.45) is 0 Å². The molecule has 0 amide bonds. The summed E-state index contributed by atoms with van der Waals surface area (Å²) in [7, 11) is 2.07. The Bertz CT molecular complexity index is 1340. The van der Waals surface area contributed by atoms with Crippen LogP contribution in [0.4, 0.5) is 30.5 Å². The number of nitrogens with zero attached hydrogens (tertiary/aromatic N) is 4. The summed E-state index contributed by atoms with van der Waals surface area (Å²) >= 11 is 0. The number of likely N-dealkylation sites (tertiary alicyclic amines) is 1. The third-order valence-corrected chi connectivity index (χ3v) is 6.96. The van der Waals surface area contributed by atoms with Crippen molar-refractivity contribution >= 4 is 17.3 Å². The molecule has 3 heterocycles. The minimum atomic E-state index is -0.708. The van der Waals surface area contributed by atoms with E-state index < -0.39 is 11.6 Å². The van der Waals surface area contributed by atoms with Gasteiger partial charge in [-0.15, -0.1) is 0 Å². The van der Waals surface area contributed by atoms with Crippen molar-refractivity contribution in [3.63, 3.8) is 0 Å². The van der Waals surface area contributed by atoms with Gasteiger partial charge in [-0.3, -0.25) is 0 Å². The SMILES string of the molecule is C=C1COc2c(F)cc(-c3nc(Nc4ccc(C5CCN(C)CC5)c(F)c4)ncc3F)cc2N1C(C)C. The summed E-state index contributed by atoms with van der Waals surface area (Å²) < 4.78 is 50.4. The van der Waals surface area contributed by atoms with Crippen molar-refractivity contribution in [1.82, 2.24) is 14.9 Å². The van der Waals surface area contributed by atoms with E-state index in [4.69, 9.17) is 4.74 Å². The number of hydrogen-bond acceptors (Lipinski definition) is 6. The Hall–Kier alpha value is -3.59. The van der Waals surface area contributed by atoms with Crippen molar-refractivity contribution in [2.45, 2.75) is 38.6 Å². The molecule has 2 aliphatic rings. The standard InChI is InChI=1S/C28H30F3N5O/c1-16(2)36-17(3)15-37-27-23(30)11-19(12-25(27)36)26-24(31)14-32-28(34-26)33-20-5-6-21(22(29)13-20)18-7-9-35(4)10-8-18/h5-6,11-14,16,18H,3,7-10,15H2,1-2,4H3,(H,32,33,34). The van der Waals surface area contributed by atoms with Crippen LogP contribution >= 0.6 is 0 Å². The van der Waals surface area contributed by atoms with E-state index in [-0.39, 0.29) is 47.3 Å². The lowest BCUT2D eigenvalue weighted by Gasteiger charge is -2.36. The number of anilines is 3. The van der Waals surface area contributed by atoms with E-state index in [1.165, 1.54) is 12.1 Å². The van der Waals surface area contributed by atoms with Crippen LogP contribution in [0, 0.1) is 17.5 Å². The minimum Gasteiger partial charge on any atom is -0.482 e. The highest BCUT2D eigenvalue weighted by atomic mass is 19.1. The first-order valence-electron chi connectivity index (χ1n) is 12.4. The number of benzene rings is 2. The Morgan fingerprint density at radius 3 is 2.51 bits per heavy atom. The zero-order chi connectivity index (χ0) is 26.3. The van der Waals surface area contributed by atoms with Crippen LogP contribution in [0.1, 0.15) is 38.2 Å². The van der Waals surface area contributed by atoms with E-state index in [0.717, 1.165) is 32.1 Å². The van der Waals surface area contributed by atoms with Gasteiger partial charge in [-0.2, -0.15) is 0 Å². The number of nitrogens with one attached hydrogen (secondary N) is 1. The molecular formula is C28H30F3N5O. The van der Waals surface area contributed by atoms with E-state index in [1.807, 2.05) is 18.7 Å². The molecule has 194 valence electrons. The number of fused-ring (bicyclic) bond motifs is 1. The van der Waals surface area contributed by atoms with Crippen molar-refractivity contribution < 1.29 is 17.9 Å². The number of piperidine rings is 1. The summed E-state index contributed by atoms with van der Waals surface area (Å²) in [5.41, 5.74) is 2.42. The van der Waals surface area contributed by atoms with Crippen LogP contribution in [0.5, 0.6) is 5.75 Å². The Morgan fingerprint density at radius 1 is 1.05 bits per heavy atom. The van der Waals surface area contributed by atoms with Gasteiger partial charge >= 0.3 is 0 Å². The maximum atomic E-state index is 15.0. The van der Waals surface area contributed by atoms with Crippen molar-refractivity contribution in [3.05, 3.63) is 71.8 Å². The fraction of sp³-hybridized carbons (Fsp3) is 0.357. The van der Waals surface area contributed by atoms with E-state index in [0.29, 0.717) is 22.6 Å². The summed E-state index contributed by atoms with van der Waals surface area (Å²) in [5.74, 6) is -1.28. The highest BCUT2D eigenvalue weighted by molar-refractivity contribution is 5.75. The second-order valence-corrected chi connectivity index (χ2v) is 9.95. The monoisotopic (exact) mass is 509 g/mol.